The van der Waals surface area contributed by atoms with Crippen molar-refractivity contribution in [2.75, 3.05) is 50.6 Å². The molecule has 2 heterocycles. The number of carbonyl (C=O) groups is 1. The molecule has 8 nitrogen and oxygen atoms in total. The highest BCUT2D eigenvalue weighted by Gasteiger charge is 2.17. The first-order valence-electron chi connectivity index (χ1n) is 11.0. The van der Waals surface area contributed by atoms with E-state index in [1.807, 2.05) is 36.4 Å². The predicted octanol–water partition coefficient (Wildman–Crippen LogP) is 3.31. The van der Waals surface area contributed by atoms with Crippen LogP contribution in [0.3, 0.4) is 0 Å². The van der Waals surface area contributed by atoms with Crippen LogP contribution in [0.5, 0.6) is 11.5 Å². The molecule has 1 atom stereocenters. The SMILES string of the molecule is COc1ccc(OC(C)C(=O)Nc2ccc(-c3ccc(N4CCN(C)CC4)nn3)cc2)cc1. The number of likely N-dealkylation sites (N-methyl/N-ethyl adjacent to an activating group) is 1. The number of carbonyl (C=O) groups excluding carboxylic acids is 1. The number of nitrogens with one attached hydrogen (secondary N) is 1. The third kappa shape index (κ3) is 5.78. The molecule has 8 heteroatoms. The van der Waals surface area contributed by atoms with Crippen LogP contribution < -0.4 is 19.7 Å². The Kier molecular flexibility index (Phi) is 7.04. The number of rotatable bonds is 7. The first-order valence-corrected chi connectivity index (χ1v) is 11.0. The fraction of sp³-hybridized carbons (Fsp3) is 0.320. The van der Waals surface area contributed by atoms with E-state index in [0.29, 0.717) is 11.4 Å². The average molecular weight is 448 g/mol. The highest BCUT2D eigenvalue weighted by molar-refractivity contribution is 5.94. The van der Waals surface area contributed by atoms with E-state index in [4.69, 9.17) is 9.47 Å². The molecule has 1 fully saturated rings. The lowest BCUT2D eigenvalue weighted by Gasteiger charge is -2.32. The lowest BCUT2D eigenvalue weighted by atomic mass is 10.1. The van der Waals surface area contributed by atoms with E-state index in [2.05, 4.69) is 32.4 Å². The quantitative estimate of drug-likeness (QED) is 0.595. The molecule has 3 aromatic rings. The molecule has 2 aromatic carbocycles. The Hall–Kier alpha value is -3.65. The van der Waals surface area contributed by atoms with E-state index >= 15 is 0 Å². The van der Waals surface area contributed by atoms with Gasteiger partial charge in [-0.2, -0.15) is 0 Å². The van der Waals surface area contributed by atoms with E-state index in [-0.39, 0.29) is 5.91 Å². The number of amides is 1. The highest BCUT2D eigenvalue weighted by Crippen LogP contribution is 2.22. The maximum Gasteiger partial charge on any atom is 0.265 e. The zero-order chi connectivity index (χ0) is 23.2. The van der Waals surface area contributed by atoms with Crippen LogP contribution in [-0.4, -0.2) is 67.4 Å². The zero-order valence-electron chi connectivity index (χ0n) is 19.2. The van der Waals surface area contributed by atoms with Gasteiger partial charge in [0.1, 0.15) is 11.5 Å². The van der Waals surface area contributed by atoms with Gasteiger partial charge in [0.05, 0.1) is 12.8 Å². The van der Waals surface area contributed by atoms with Gasteiger partial charge in [-0.05, 0) is 62.5 Å². The third-order valence-corrected chi connectivity index (χ3v) is 5.67. The molecule has 33 heavy (non-hydrogen) atoms. The number of methoxy groups -OCH3 is 1. The predicted molar refractivity (Wildman–Crippen MR) is 129 cm³/mol. The zero-order valence-corrected chi connectivity index (χ0v) is 19.2. The number of hydrogen-bond donors (Lipinski definition) is 1. The average Bonchev–Trinajstić information content (AvgIpc) is 2.85. The fourth-order valence-corrected chi connectivity index (χ4v) is 3.56. The number of benzene rings is 2. The van der Waals surface area contributed by atoms with Gasteiger partial charge >= 0.3 is 0 Å². The molecular formula is C25H29N5O3. The second-order valence-electron chi connectivity index (χ2n) is 8.07. The lowest BCUT2D eigenvalue weighted by molar-refractivity contribution is -0.122. The van der Waals surface area contributed by atoms with Crippen LogP contribution in [-0.2, 0) is 4.79 Å². The van der Waals surface area contributed by atoms with Crippen molar-refractivity contribution in [2.45, 2.75) is 13.0 Å². The minimum Gasteiger partial charge on any atom is -0.497 e. The monoisotopic (exact) mass is 447 g/mol. The summed E-state index contributed by atoms with van der Waals surface area (Å²) in [7, 11) is 3.74. The maximum atomic E-state index is 12.5. The summed E-state index contributed by atoms with van der Waals surface area (Å²) in [6, 6.07) is 18.7. The first kappa shape index (κ1) is 22.5. The van der Waals surface area contributed by atoms with Gasteiger partial charge < -0.3 is 24.6 Å². The van der Waals surface area contributed by atoms with Crippen molar-refractivity contribution in [3.05, 3.63) is 60.7 Å². The van der Waals surface area contributed by atoms with Crippen LogP contribution in [0.4, 0.5) is 11.5 Å². The van der Waals surface area contributed by atoms with Crippen molar-refractivity contribution in [3.8, 4) is 22.8 Å². The maximum absolute atomic E-state index is 12.5. The van der Waals surface area contributed by atoms with Crippen molar-refractivity contribution in [2.24, 2.45) is 0 Å². The van der Waals surface area contributed by atoms with E-state index in [9.17, 15) is 4.79 Å². The Morgan fingerprint density at radius 3 is 2.18 bits per heavy atom. The molecule has 0 radical (unpaired) electrons. The molecule has 1 N–H and O–H groups in total. The van der Waals surface area contributed by atoms with Gasteiger partial charge in [-0.25, -0.2) is 0 Å². The van der Waals surface area contributed by atoms with Crippen LogP contribution in [0.1, 0.15) is 6.92 Å². The number of hydrogen-bond acceptors (Lipinski definition) is 7. The molecule has 172 valence electrons. The van der Waals surface area contributed by atoms with Gasteiger partial charge in [-0.15, -0.1) is 10.2 Å². The van der Waals surface area contributed by atoms with Crippen molar-refractivity contribution < 1.29 is 14.3 Å². The van der Waals surface area contributed by atoms with Crippen molar-refractivity contribution in [3.63, 3.8) is 0 Å². The Labute approximate surface area is 194 Å². The van der Waals surface area contributed by atoms with Crippen LogP contribution >= 0.6 is 0 Å². The summed E-state index contributed by atoms with van der Waals surface area (Å²) in [6.45, 7) is 5.69. The molecule has 0 spiro atoms. The van der Waals surface area contributed by atoms with Crippen molar-refractivity contribution in [1.29, 1.82) is 0 Å². The Bertz CT molecular complexity index is 1050. The molecular weight excluding hydrogens is 418 g/mol. The molecule has 1 amide bonds. The number of piperazine rings is 1. The molecule has 0 aliphatic carbocycles. The lowest BCUT2D eigenvalue weighted by Crippen LogP contribution is -2.44. The fourth-order valence-electron chi connectivity index (χ4n) is 3.56. The number of ether oxygens (including phenoxy) is 2. The Morgan fingerprint density at radius 2 is 1.58 bits per heavy atom. The summed E-state index contributed by atoms with van der Waals surface area (Å²) >= 11 is 0. The summed E-state index contributed by atoms with van der Waals surface area (Å²) in [5.74, 6) is 2.02. The standard InChI is InChI=1S/C25H29N5O3/c1-18(33-22-10-8-21(32-3)9-11-22)25(31)26-20-6-4-19(5-7-20)23-12-13-24(28-27-23)30-16-14-29(2)15-17-30/h4-13,18H,14-17H2,1-3H3,(H,26,31). The van der Waals surface area contributed by atoms with Gasteiger partial charge in [-0.1, -0.05) is 12.1 Å². The summed E-state index contributed by atoms with van der Waals surface area (Å²) < 4.78 is 10.8. The highest BCUT2D eigenvalue weighted by atomic mass is 16.5. The van der Waals surface area contributed by atoms with E-state index in [1.165, 1.54) is 0 Å². The van der Waals surface area contributed by atoms with E-state index < -0.39 is 6.10 Å². The Morgan fingerprint density at radius 1 is 0.909 bits per heavy atom. The van der Waals surface area contributed by atoms with Gasteiger partial charge in [0.25, 0.3) is 5.91 Å². The minimum atomic E-state index is -0.647. The molecule has 4 rings (SSSR count). The normalized spacial score (nSPS) is 15.1. The van der Waals surface area contributed by atoms with Crippen molar-refractivity contribution in [1.82, 2.24) is 15.1 Å². The van der Waals surface area contributed by atoms with Gasteiger partial charge in [0.2, 0.25) is 0 Å². The molecule has 0 saturated carbocycles. The van der Waals surface area contributed by atoms with Gasteiger partial charge in [0, 0.05) is 37.4 Å². The largest absolute Gasteiger partial charge is 0.497 e. The summed E-state index contributed by atoms with van der Waals surface area (Å²) in [5.41, 5.74) is 2.42. The van der Waals surface area contributed by atoms with Crippen LogP contribution in [0, 0.1) is 0 Å². The summed E-state index contributed by atoms with van der Waals surface area (Å²) in [5, 5.41) is 11.7. The number of nitrogens with zero attached hydrogens (tertiary/aromatic N) is 4. The van der Waals surface area contributed by atoms with Crippen molar-refractivity contribution >= 4 is 17.4 Å². The minimum absolute atomic E-state index is 0.227. The molecule has 1 saturated heterocycles. The van der Waals surface area contributed by atoms with E-state index in [1.54, 1.807) is 38.3 Å². The van der Waals surface area contributed by atoms with Gasteiger partial charge in [0.15, 0.2) is 11.9 Å². The third-order valence-electron chi connectivity index (χ3n) is 5.67. The van der Waals surface area contributed by atoms with Gasteiger partial charge in [-0.3, -0.25) is 4.79 Å². The molecule has 1 aromatic heterocycles. The molecule has 1 aliphatic rings. The second-order valence-corrected chi connectivity index (χ2v) is 8.07. The van der Waals surface area contributed by atoms with Crippen LogP contribution in [0.25, 0.3) is 11.3 Å². The summed E-state index contributed by atoms with van der Waals surface area (Å²) in [6.07, 6.45) is -0.647. The second kappa shape index (κ2) is 10.3. The number of anilines is 2. The Balaban J connectivity index is 1.33. The smallest absolute Gasteiger partial charge is 0.265 e. The summed E-state index contributed by atoms with van der Waals surface area (Å²) in [4.78, 5) is 17.1. The van der Waals surface area contributed by atoms with Crippen LogP contribution in [0.15, 0.2) is 60.7 Å². The first-order chi connectivity index (χ1) is 16.0. The van der Waals surface area contributed by atoms with Crippen LogP contribution in [0.2, 0.25) is 0 Å². The molecule has 0 bridgehead atoms. The topological polar surface area (TPSA) is 79.8 Å². The molecule has 1 unspecified atom stereocenters. The van der Waals surface area contributed by atoms with E-state index in [0.717, 1.165) is 49.0 Å². The molecule has 1 aliphatic heterocycles. The number of aromatic nitrogens is 2.